The zero-order valence-electron chi connectivity index (χ0n) is 13.0. The first kappa shape index (κ1) is 16.5. The van der Waals surface area contributed by atoms with Crippen LogP contribution in [-0.4, -0.2) is 35.9 Å². The molecule has 0 spiro atoms. The molecule has 0 aromatic carbocycles. The third-order valence-corrected chi connectivity index (χ3v) is 4.06. The molecule has 5 nitrogen and oxygen atoms in total. The maximum Gasteiger partial charge on any atom is 0.334 e. The van der Waals surface area contributed by atoms with Crippen LogP contribution in [0.4, 0.5) is 0 Å². The monoisotopic (exact) mass is 306 g/mol. The third kappa shape index (κ3) is 3.65. The Morgan fingerprint density at radius 1 is 1.55 bits per heavy atom. The molecule has 5 heteroatoms. The molecular formula is C17H22O5. The van der Waals surface area contributed by atoms with Crippen LogP contribution < -0.4 is 0 Å². The van der Waals surface area contributed by atoms with Crippen LogP contribution in [0.1, 0.15) is 33.1 Å². The van der Waals surface area contributed by atoms with Gasteiger partial charge in [0.15, 0.2) is 0 Å². The van der Waals surface area contributed by atoms with Crippen molar-refractivity contribution in [2.75, 3.05) is 6.61 Å². The lowest BCUT2D eigenvalue weighted by molar-refractivity contribution is -0.149. The lowest BCUT2D eigenvalue weighted by Crippen LogP contribution is -2.33. The summed E-state index contributed by atoms with van der Waals surface area (Å²) >= 11 is 0. The van der Waals surface area contributed by atoms with Gasteiger partial charge < -0.3 is 14.6 Å². The van der Waals surface area contributed by atoms with E-state index in [0.29, 0.717) is 18.4 Å². The Balaban J connectivity index is 2.40. The minimum atomic E-state index is -0.544. The molecule has 1 saturated heterocycles. The molecule has 1 heterocycles. The highest BCUT2D eigenvalue weighted by Gasteiger charge is 2.44. The van der Waals surface area contributed by atoms with Gasteiger partial charge in [-0.3, -0.25) is 4.79 Å². The molecule has 3 atom stereocenters. The summed E-state index contributed by atoms with van der Waals surface area (Å²) in [6.07, 6.45) is 4.84. The number of rotatable bonds is 2. The Hall–Kier alpha value is -1.88. The molecule has 2 rings (SSSR count). The van der Waals surface area contributed by atoms with Crippen LogP contribution in [0.3, 0.4) is 0 Å². The molecule has 1 N–H and O–H groups in total. The van der Waals surface area contributed by atoms with Gasteiger partial charge in [-0.25, -0.2) is 4.79 Å². The van der Waals surface area contributed by atoms with Crippen molar-refractivity contribution in [3.63, 3.8) is 0 Å². The largest absolute Gasteiger partial charge is 0.461 e. The number of hydrogen-bond acceptors (Lipinski definition) is 5. The smallest absolute Gasteiger partial charge is 0.334 e. The summed E-state index contributed by atoms with van der Waals surface area (Å²) in [5.41, 5.74) is 2.21. The fraction of sp³-hybridized carbons (Fsp3) is 0.529. The van der Waals surface area contributed by atoms with Crippen molar-refractivity contribution in [1.29, 1.82) is 0 Å². The van der Waals surface area contributed by atoms with E-state index in [1.807, 2.05) is 6.92 Å². The van der Waals surface area contributed by atoms with Crippen LogP contribution in [0.25, 0.3) is 0 Å². The molecule has 120 valence electrons. The predicted octanol–water partition coefficient (Wildman–Crippen LogP) is 2.06. The Bertz CT molecular complexity index is 543. The molecule has 2 aliphatic rings. The van der Waals surface area contributed by atoms with Crippen LogP contribution in [0, 0.1) is 5.92 Å². The van der Waals surface area contributed by atoms with Crippen molar-refractivity contribution in [1.82, 2.24) is 0 Å². The van der Waals surface area contributed by atoms with Crippen molar-refractivity contribution < 1.29 is 24.2 Å². The zero-order chi connectivity index (χ0) is 16.3. The first-order chi connectivity index (χ1) is 10.4. The Labute approximate surface area is 130 Å². The van der Waals surface area contributed by atoms with Gasteiger partial charge in [0, 0.05) is 18.9 Å². The highest BCUT2D eigenvalue weighted by Crippen LogP contribution is 2.36. The van der Waals surface area contributed by atoms with E-state index in [4.69, 9.17) is 9.47 Å². The minimum Gasteiger partial charge on any atom is -0.461 e. The average molecular weight is 306 g/mol. The normalized spacial score (nSPS) is 33.9. The zero-order valence-corrected chi connectivity index (χ0v) is 13.0. The quantitative estimate of drug-likeness (QED) is 0.480. The van der Waals surface area contributed by atoms with E-state index in [1.54, 1.807) is 6.08 Å². The van der Waals surface area contributed by atoms with Gasteiger partial charge in [0.1, 0.15) is 12.2 Å². The number of carbonyl (C=O) groups excluding carboxylic acids is 2. The maximum atomic E-state index is 11.9. The van der Waals surface area contributed by atoms with Gasteiger partial charge in [-0.2, -0.15) is 0 Å². The fourth-order valence-corrected chi connectivity index (χ4v) is 2.99. The van der Waals surface area contributed by atoms with Gasteiger partial charge in [0.25, 0.3) is 0 Å². The maximum absolute atomic E-state index is 11.9. The first-order valence-electron chi connectivity index (χ1n) is 7.45. The number of fused-ring (bicyclic) bond motifs is 1. The molecule has 0 unspecified atom stereocenters. The number of aliphatic hydroxyl groups is 1. The van der Waals surface area contributed by atoms with E-state index < -0.39 is 30.1 Å². The molecule has 0 aromatic heterocycles. The van der Waals surface area contributed by atoms with Crippen molar-refractivity contribution >= 4 is 11.9 Å². The summed E-state index contributed by atoms with van der Waals surface area (Å²) in [7, 11) is 0. The van der Waals surface area contributed by atoms with E-state index >= 15 is 0 Å². The van der Waals surface area contributed by atoms with Crippen molar-refractivity contribution in [2.45, 2.75) is 45.3 Å². The second-order valence-electron chi connectivity index (χ2n) is 5.85. The van der Waals surface area contributed by atoms with Gasteiger partial charge in [-0.15, -0.1) is 0 Å². The number of carbonyl (C=O) groups is 2. The van der Waals surface area contributed by atoms with Crippen LogP contribution in [0.5, 0.6) is 0 Å². The Morgan fingerprint density at radius 2 is 2.27 bits per heavy atom. The van der Waals surface area contributed by atoms with E-state index in [9.17, 15) is 14.7 Å². The standard InChI is InChI=1S/C17H22O5/c1-10-5-4-6-13(9-18)8-15-16(11(2)17(20)22-15)14(7-10)21-12(3)19/h5,8,14-16,18H,2,4,6-7,9H2,1,3H3/b10-5-,13-8+/t14-,15-,16-/m1/s1. The molecule has 0 saturated carbocycles. The number of esters is 2. The molecule has 0 radical (unpaired) electrons. The second-order valence-corrected chi connectivity index (χ2v) is 5.85. The predicted molar refractivity (Wildman–Crippen MR) is 80.8 cm³/mol. The lowest BCUT2D eigenvalue weighted by Gasteiger charge is -2.27. The number of aliphatic hydroxyl groups excluding tert-OH is 1. The summed E-state index contributed by atoms with van der Waals surface area (Å²) in [5.74, 6) is -1.28. The van der Waals surface area contributed by atoms with Gasteiger partial charge >= 0.3 is 11.9 Å². The minimum absolute atomic E-state index is 0.0850. The summed E-state index contributed by atoms with van der Waals surface area (Å²) in [6.45, 7) is 7.03. The highest BCUT2D eigenvalue weighted by molar-refractivity contribution is 5.91. The van der Waals surface area contributed by atoms with Gasteiger partial charge in [-0.05, 0) is 31.4 Å². The highest BCUT2D eigenvalue weighted by atomic mass is 16.6. The van der Waals surface area contributed by atoms with Crippen molar-refractivity contribution in [3.05, 3.63) is 35.5 Å². The first-order valence-corrected chi connectivity index (χ1v) is 7.45. The van der Waals surface area contributed by atoms with Gasteiger partial charge in [0.05, 0.1) is 12.5 Å². The number of allylic oxidation sites excluding steroid dienone is 1. The molecule has 1 aliphatic heterocycles. The third-order valence-electron chi connectivity index (χ3n) is 4.06. The topological polar surface area (TPSA) is 72.8 Å². The lowest BCUT2D eigenvalue weighted by atomic mass is 9.85. The van der Waals surface area contributed by atoms with Gasteiger partial charge in [-0.1, -0.05) is 18.2 Å². The number of hydrogen-bond donors (Lipinski definition) is 1. The van der Waals surface area contributed by atoms with Crippen molar-refractivity contribution in [2.24, 2.45) is 5.92 Å². The second kappa shape index (κ2) is 6.92. The van der Waals surface area contributed by atoms with E-state index in [-0.39, 0.29) is 6.61 Å². The van der Waals surface area contributed by atoms with Crippen LogP contribution >= 0.6 is 0 Å². The summed E-state index contributed by atoms with van der Waals surface area (Å²) < 4.78 is 10.8. The average Bonchev–Trinajstić information content (AvgIpc) is 2.71. The molecule has 22 heavy (non-hydrogen) atoms. The molecule has 1 fully saturated rings. The molecule has 0 amide bonds. The summed E-state index contributed by atoms with van der Waals surface area (Å²) in [6, 6.07) is 0. The Kier molecular flexibility index (Phi) is 5.19. The summed E-state index contributed by atoms with van der Waals surface area (Å²) in [4.78, 5) is 23.3. The SMILES string of the molecule is C=C1C(=O)O[C@@H]2/C=C(/CO)CC/C=C(/C)C[C@@H](OC(C)=O)[C@@H]12. The summed E-state index contributed by atoms with van der Waals surface area (Å²) in [5, 5.41) is 9.46. The van der Waals surface area contributed by atoms with E-state index in [2.05, 4.69) is 12.7 Å². The molecule has 0 bridgehead atoms. The van der Waals surface area contributed by atoms with Crippen LogP contribution in [-0.2, 0) is 19.1 Å². The molecule has 0 aromatic rings. The number of ether oxygens (including phenoxy) is 2. The van der Waals surface area contributed by atoms with Crippen molar-refractivity contribution in [3.8, 4) is 0 Å². The van der Waals surface area contributed by atoms with E-state index in [0.717, 1.165) is 17.6 Å². The fourth-order valence-electron chi connectivity index (χ4n) is 2.99. The van der Waals surface area contributed by atoms with Gasteiger partial charge in [0.2, 0.25) is 0 Å². The Morgan fingerprint density at radius 3 is 2.91 bits per heavy atom. The van der Waals surface area contributed by atoms with E-state index in [1.165, 1.54) is 6.92 Å². The molecular weight excluding hydrogens is 284 g/mol. The van der Waals surface area contributed by atoms with Crippen LogP contribution in [0.15, 0.2) is 35.5 Å². The molecule has 1 aliphatic carbocycles. The van der Waals surface area contributed by atoms with Crippen LogP contribution in [0.2, 0.25) is 0 Å².